The fourth-order valence-corrected chi connectivity index (χ4v) is 5.36. The van der Waals surface area contributed by atoms with Crippen LogP contribution in [0.25, 0.3) is 11.1 Å². The molecule has 0 saturated carbocycles. The maximum atomic E-state index is 12.6. The maximum absolute atomic E-state index is 12.6. The molecule has 1 unspecified atom stereocenters. The predicted octanol–water partition coefficient (Wildman–Crippen LogP) is 6.82. The first kappa shape index (κ1) is 26.0. The van der Waals surface area contributed by atoms with Crippen molar-refractivity contribution in [1.82, 2.24) is 4.90 Å². The molecule has 0 radical (unpaired) electrons. The molecule has 2 atom stereocenters. The molecule has 1 fully saturated rings. The van der Waals surface area contributed by atoms with Crippen LogP contribution in [0.5, 0.6) is 23.0 Å². The minimum Gasteiger partial charge on any atom is -0.508 e. The largest absolute Gasteiger partial charge is 0.508 e. The number of benzene rings is 3. The molecule has 1 saturated heterocycles. The van der Waals surface area contributed by atoms with E-state index in [1.165, 1.54) is 0 Å². The van der Waals surface area contributed by atoms with Gasteiger partial charge in [0.2, 0.25) is 0 Å². The van der Waals surface area contributed by atoms with E-state index < -0.39 is 18.7 Å². The van der Waals surface area contributed by atoms with Crippen molar-refractivity contribution in [2.24, 2.45) is 5.92 Å². The second kappa shape index (κ2) is 10.6. The Morgan fingerprint density at radius 2 is 1.76 bits per heavy atom. The SMILES string of the molecule is CC1=C(c2cccc(O)c2)C(c2ccc(OCCN3CC[C@@H](CC(F)(F)F)C3)cc2)Oc2ccc(O)cc21. The normalized spacial score (nSPS) is 19.8. The van der Waals surface area contributed by atoms with Gasteiger partial charge in [0.25, 0.3) is 0 Å². The molecule has 0 spiro atoms. The Morgan fingerprint density at radius 3 is 2.50 bits per heavy atom. The molecule has 0 amide bonds. The van der Waals surface area contributed by atoms with Crippen molar-refractivity contribution in [3.05, 3.63) is 83.4 Å². The number of ether oxygens (including phenoxy) is 2. The highest BCUT2D eigenvalue weighted by atomic mass is 19.4. The van der Waals surface area contributed by atoms with Gasteiger partial charge in [0.15, 0.2) is 0 Å². The monoisotopic (exact) mass is 525 g/mol. The first-order valence-corrected chi connectivity index (χ1v) is 12.7. The molecule has 5 nitrogen and oxygen atoms in total. The molecule has 38 heavy (non-hydrogen) atoms. The zero-order chi connectivity index (χ0) is 26.9. The van der Waals surface area contributed by atoms with Crippen molar-refractivity contribution >= 4 is 11.1 Å². The standard InChI is InChI=1S/C30H30F3NO4/c1-19-26-16-24(36)7-10-27(26)38-29(28(19)22-3-2-4-23(35)15-22)21-5-8-25(9-6-21)37-14-13-34-12-11-20(18-34)17-30(31,32)33/h2-10,15-16,20,29,35-36H,11-14,17-18H2,1H3/t20-,29?/m0/s1. The van der Waals surface area contributed by atoms with Gasteiger partial charge in [0.1, 0.15) is 35.7 Å². The Balaban J connectivity index is 1.29. The molecule has 5 rings (SSSR count). The minimum atomic E-state index is -4.11. The molecule has 3 aromatic rings. The molecule has 200 valence electrons. The van der Waals surface area contributed by atoms with Crippen LogP contribution in [-0.2, 0) is 0 Å². The van der Waals surface area contributed by atoms with Crippen molar-refractivity contribution in [2.75, 3.05) is 26.2 Å². The highest BCUT2D eigenvalue weighted by Crippen LogP contribution is 2.47. The maximum Gasteiger partial charge on any atom is 0.389 e. The van der Waals surface area contributed by atoms with Crippen molar-refractivity contribution in [1.29, 1.82) is 0 Å². The van der Waals surface area contributed by atoms with E-state index in [-0.39, 0.29) is 17.4 Å². The number of alkyl halides is 3. The summed E-state index contributed by atoms with van der Waals surface area (Å²) in [5.41, 5.74) is 4.32. The number of fused-ring (bicyclic) bond motifs is 1. The topological polar surface area (TPSA) is 62.2 Å². The summed E-state index contributed by atoms with van der Waals surface area (Å²) in [6.07, 6.45) is -4.72. The number of phenols is 2. The number of phenolic OH excluding ortho intramolecular Hbond substituents is 2. The van der Waals surface area contributed by atoms with Crippen LogP contribution in [0.1, 0.15) is 42.6 Å². The molecule has 3 aromatic carbocycles. The predicted molar refractivity (Wildman–Crippen MR) is 139 cm³/mol. The van der Waals surface area contributed by atoms with Crippen molar-refractivity contribution < 1.29 is 32.9 Å². The molecule has 0 aromatic heterocycles. The number of rotatable bonds is 7. The summed E-state index contributed by atoms with van der Waals surface area (Å²) < 4.78 is 50.2. The van der Waals surface area contributed by atoms with E-state index in [2.05, 4.69) is 0 Å². The number of nitrogens with zero attached hydrogens (tertiary/aromatic N) is 1. The molecule has 2 aliphatic heterocycles. The van der Waals surface area contributed by atoms with Crippen LogP contribution in [0, 0.1) is 5.92 Å². The summed E-state index contributed by atoms with van der Waals surface area (Å²) in [6, 6.07) is 19.6. The highest BCUT2D eigenvalue weighted by molar-refractivity contribution is 5.95. The number of allylic oxidation sites excluding steroid dienone is 1. The van der Waals surface area contributed by atoms with Gasteiger partial charge in [0.05, 0.1) is 0 Å². The summed E-state index contributed by atoms with van der Waals surface area (Å²) in [5.74, 6) is 1.28. The molecule has 2 heterocycles. The first-order chi connectivity index (χ1) is 18.2. The summed E-state index contributed by atoms with van der Waals surface area (Å²) in [5, 5.41) is 20.2. The third kappa shape index (κ3) is 5.91. The van der Waals surface area contributed by atoms with Crippen LogP contribution in [0.15, 0.2) is 66.7 Å². The second-order valence-electron chi connectivity index (χ2n) is 9.96. The number of hydrogen-bond acceptors (Lipinski definition) is 5. The molecular weight excluding hydrogens is 495 g/mol. The molecule has 2 N–H and O–H groups in total. The number of likely N-dealkylation sites (tertiary alicyclic amines) is 1. The average molecular weight is 526 g/mol. The average Bonchev–Trinajstić information content (AvgIpc) is 3.30. The molecular formula is C30H30F3NO4. The summed E-state index contributed by atoms with van der Waals surface area (Å²) >= 11 is 0. The number of aromatic hydroxyl groups is 2. The lowest BCUT2D eigenvalue weighted by Gasteiger charge is -2.31. The molecule has 8 heteroatoms. The van der Waals surface area contributed by atoms with E-state index in [1.54, 1.807) is 36.4 Å². The summed E-state index contributed by atoms with van der Waals surface area (Å²) in [4.78, 5) is 2.02. The van der Waals surface area contributed by atoms with Gasteiger partial charge in [0, 0.05) is 30.6 Å². The van der Waals surface area contributed by atoms with Crippen LogP contribution in [0.3, 0.4) is 0 Å². The zero-order valence-electron chi connectivity index (χ0n) is 21.0. The van der Waals surface area contributed by atoms with Gasteiger partial charge in [-0.15, -0.1) is 0 Å². The van der Waals surface area contributed by atoms with E-state index in [0.717, 1.165) is 27.8 Å². The third-order valence-corrected chi connectivity index (χ3v) is 7.18. The van der Waals surface area contributed by atoms with Crippen LogP contribution in [-0.4, -0.2) is 47.5 Å². The Kier molecular flexibility index (Phi) is 7.25. The molecule has 0 bridgehead atoms. The van der Waals surface area contributed by atoms with Gasteiger partial charge in [-0.1, -0.05) is 24.3 Å². The minimum absolute atomic E-state index is 0.145. The second-order valence-corrected chi connectivity index (χ2v) is 9.96. The van der Waals surface area contributed by atoms with E-state index in [4.69, 9.17) is 9.47 Å². The lowest BCUT2D eigenvalue weighted by atomic mass is 9.86. The van der Waals surface area contributed by atoms with E-state index in [9.17, 15) is 23.4 Å². The van der Waals surface area contributed by atoms with Crippen LogP contribution in [0.4, 0.5) is 13.2 Å². The van der Waals surface area contributed by atoms with Gasteiger partial charge in [-0.2, -0.15) is 13.2 Å². The van der Waals surface area contributed by atoms with E-state index >= 15 is 0 Å². The summed E-state index contributed by atoms with van der Waals surface area (Å²) in [6.45, 7) is 4.05. The van der Waals surface area contributed by atoms with Crippen molar-refractivity contribution in [3.63, 3.8) is 0 Å². The third-order valence-electron chi connectivity index (χ3n) is 7.18. The number of halogens is 3. The lowest BCUT2D eigenvalue weighted by molar-refractivity contribution is -0.143. The highest BCUT2D eigenvalue weighted by Gasteiger charge is 2.35. The molecule has 2 aliphatic rings. The zero-order valence-corrected chi connectivity index (χ0v) is 21.0. The van der Waals surface area contributed by atoms with Crippen LogP contribution in [0.2, 0.25) is 0 Å². The first-order valence-electron chi connectivity index (χ1n) is 12.7. The van der Waals surface area contributed by atoms with Gasteiger partial charge in [-0.05, 0) is 85.0 Å². The molecule has 0 aliphatic carbocycles. The Labute approximate surface area is 219 Å². The Hall–Kier alpha value is -3.65. The van der Waals surface area contributed by atoms with E-state index in [1.807, 2.05) is 42.2 Å². The van der Waals surface area contributed by atoms with Crippen LogP contribution < -0.4 is 9.47 Å². The van der Waals surface area contributed by atoms with Crippen molar-refractivity contribution in [2.45, 2.75) is 32.0 Å². The van der Waals surface area contributed by atoms with E-state index in [0.29, 0.717) is 44.2 Å². The van der Waals surface area contributed by atoms with Crippen molar-refractivity contribution in [3.8, 4) is 23.0 Å². The number of hydrogen-bond donors (Lipinski definition) is 2. The quantitative estimate of drug-likeness (QED) is 0.355. The van der Waals surface area contributed by atoms with Gasteiger partial charge < -0.3 is 19.7 Å². The lowest BCUT2D eigenvalue weighted by Crippen LogP contribution is -2.27. The van der Waals surface area contributed by atoms with Gasteiger partial charge in [-0.25, -0.2) is 0 Å². The fraction of sp³-hybridized carbons (Fsp3) is 0.333. The smallest absolute Gasteiger partial charge is 0.389 e. The Bertz CT molecular complexity index is 1320. The van der Waals surface area contributed by atoms with Gasteiger partial charge in [-0.3, -0.25) is 4.90 Å². The Morgan fingerprint density at radius 1 is 1.00 bits per heavy atom. The fourth-order valence-electron chi connectivity index (χ4n) is 5.36. The summed E-state index contributed by atoms with van der Waals surface area (Å²) in [7, 11) is 0. The van der Waals surface area contributed by atoms with Crippen LogP contribution >= 0.6 is 0 Å². The van der Waals surface area contributed by atoms with Gasteiger partial charge >= 0.3 is 6.18 Å².